The molecule has 0 N–H and O–H groups in total. The van der Waals surface area contributed by atoms with Gasteiger partial charge in [-0.15, -0.1) is 11.3 Å². The highest BCUT2D eigenvalue weighted by Crippen LogP contribution is 2.62. The summed E-state index contributed by atoms with van der Waals surface area (Å²) in [6.07, 6.45) is 4.83. The minimum Gasteiger partial charge on any atom is -0.334 e. The molecule has 9 aromatic rings. The number of benzene rings is 8. The Morgan fingerprint density at radius 1 is 0.473 bits per heavy atom. The molecule has 3 nitrogen and oxygen atoms in total. The summed E-state index contributed by atoms with van der Waals surface area (Å²) < 4.78 is 2.65. The molecule has 1 fully saturated rings. The molecule has 0 radical (unpaired) electrons. The zero-order valence-electron chi connectivity index (χ0n) is 45.7. The number of rotatable bonds is 4. The first kappa shape index (κ1) is 47.2. The predicted molar refractivity (Wildman–Crippen MR) is 322 cm³/mol. The van der Waals surface area contributed by atoms with E-state index in [0.29, 0.717) is 0 Å². The number of nitrogens with zero attached hydrogens (tertiary/aromatic N) is 3. The van der Waals surface area contributed by atoms with E-state index >= 15 is 0 Å². The first-order valence-corrected chi connectivity index (χ1v) is 28.1. The number of hydrogen-bond acceptors (Lipinski definition) is 4. The lowest BCUT2D eigenvalue weighted by Crippen LogP contribution is -2.61. The Hall–Kier alpha value is -6.56. The quantitative estimate of drug-likeness (QED) is 0.163. The fraction of sp³-hybridized carbons (Fsp3) is 0.304. The first-order chi connectivity index (χ1) is 35.2. The van der Waals surface area contributed by atoms with E-state index < -0.39 is 0 Å². The van der Waals surface area contributed by atoms with Gasteiger partial charge in [0.05, 0.1) is 11.2 Å². The molecule has 1 saturated carbocycles. The van der Waals surface area contributed by atoms with Crippen LogP contribution >= 0.6 is 11.3 Å². The molecule has 13 rings (SSSR count). The summed E-state index contributed by atoms with van der Waals surface area (Å²) in [6.45, 7) is 28.7. The summed E-state index contributed by atoms with van der Waals surface area (Å²) in [5.74, 6) is 0. The Morgan fingerprint density at radius 3 is 1.81 bits per heavy atom. The number of thiophene rings is 1. The van der Waals surface area contributed by atoms with Crippen molar-refractivity contribution in [1.29, 1.82) is 0 Å². The molecule has 0 spiro atoms. The van der Waals surface area contributed by atoms with E-state index in [1.807, 2.05) is 11.3 Å². The molecule has 74 heavy (non-hydrogen) atoms. The van der Waals surface area contributed by atoms with Crippen molar-refractivity contribution in [2.24, 2.45) is 0 Å². The van der Waals surface area contributed by atoms with E-state index in [1.165, 1.54) is 140 Å². The van der Waals surface area contributed by atoms with Crippen LogP contribution in [0.2, 0.25) is 0 Å². The molecule has 0 amide bonds. The molecule has 0 saturated heterocycles. The van der Waals surface area contributed by atoms with Crippen molar-refractivity contribution in [3.63, 3.8) is 0 Å². The minimum atomic E-state index is -0.0997. The molecular formula is C69H70BN3S. The van der Waals surface area contributed by atoms with Gasteiger partial charge < -0.3 is 14.7 Å². The van der Waals surface area contributed by atoms with E-state index in [9.17, 15) is 0 Å². The smallest absolute Gasteiger partial charge is 0.252 e. The maximum atomic E-state index is 2.79. The summed E-state index contributed by atoms with van der Waals surface area (Å²) in [5, 5.41) is 2.63. The van der Waals surface area contributed by atoms with Crippen LogP contribution in [0.1, 0.15) is 130 Å². The first-order valence-electron chi connectivity index (χ1n) is 27.3. The average molecular weight is 984 g/mol. The van der Waals surface area contributed by atoms with Crippen molar-refractivity contribution < 1.29 is 0 Å². The molecule has 2 atom stereocenters. The monoisotopic (exact) mass is 984 g/mol. The van der Waals surface area contributed by atoms with Gasteiger partial charge >= 0.3 is 0 Å². The zero-order valence-corrected chi connectivity index (χ0v) is 46.5. The van der Waals surface area contributed by atoms with Gasteiger partial charge in [-0.2, -0.15) is 0 Å². The van der Waals surface area contributed by atoms with Crippen molar-refractivity contribution in [3.8, 4) is 11.1 Å². The molecule has 4 aliphatic rings. The molecule has 3 aliphatic heterocycles. The average Bonchev–Trinajstić information content (AvgIpc) is 3.88. The summed E-state index contributed by atoms with van der Waals surface area (Å²) in [5.41, 5.74) is 23.3. The fourth-order valence-corrected chi connectivity index (χ4v) is 14.9. The fourth-order valence-electron chi connectivity index (χ4n) is 13.8. The second-order valence-electron chi connectivity index (χ2n) is 25.8. The van der Waals surface area contributed by atoms with E-state index in [-0.39, 0.29) is 33.9 Å². The van der Waals surface area contributed by atoms with Crippen LogP contribution in [0.3, 0.4) is 0 Å². The van der Waals surface area contributed by atoms with E-state index in [1.54, 1.807) is 0 Å². The van der Waals surface area contributed by atoms with Crippen molar-refractivity contribution in [3.05, 3.63) is 186 Å². The third-order valence-electron chi connectivity index (χ3n) is 18.1. The molecule has 1 aromatic heterocycles. The zero-order chi connectivity index (χ0) is 51.4. The third kappa shape index (κ3) is 6.97. The standard InChI is InChI=1S/C69H70BN3S/c1-43-36-60-64-61(37-43)72(56-30-24-45(65(2,3)4)38-51(56)44-20-14-13-15-21-44)59-42-49(73-57-31-25-46(66(5,6)7)39-53(57)68(11)34-18-19-35-69(68,73)12)27-29-54(59)70(64)55-40-47(67(8,9)10)26-32-58(55)71(60)48-28-33-63-52(41-48)50-22-16-17-23-62(50)74-63/h13-17,20-33,36-42H,18-19,34-35H2,1-12H3. The third-order valence-corrected chi connectivity index (χ3v) is 19.2. The Morgan fingerprint density at radius 2 is 1.08 bits per heavy atom. The maximum absolute atomic E-state index is 2.79. The Balaban J connectivity index is 1.12. The largest absolute Gasteiger partial charge is 0.334 e. The van der Waals surface area contributed by atoms with Crippen LogP contribution < -0.4 is 31.1 Å². The molecule has 5 heteroatoms. The van der Waals surface area contributed by atoms with Gasteiger partial charge in [0.25, 0.3) is 6.71 Å². The number of fused-ring (bicyclic) bond motifs is 10. The molecule has 8 aromatic carbocycles. The van der Waals surface area contributed by atoms with Crippen LogP contribution in [0, 0.1) is 6.92 Å². The summed E-state index contributed by atoms with van der Waals surface area (Å²) in [6, 6.07) is 62.0. The van der Waals surface area contributed by atoms with Crippen molar-refractivity contribution in [1.82, 2.24) is 0 Å². The second kappa shape index (κ2) is 16.2. The van der Waals surface area contributed by atoms with Crippen molar-refractivity contribution in [2.45, 2.75) is 136 Å². The van der Waals surface area contributed by atoms with E-state index in [0.717, 1.165) is 6.42 Å². The van der Waals surface area contributed by atoms with Crippen LogP contribution in [-0.2, 0) is 21.7 Å². The highest BCUT2D eigenvalue weighted by atomic mass is 32.1. The summed E-state index contributed by atoms with van der Waals surface area (Å²) >= 11 is 1.89. The van der Waals surface area contributed by atoms with Gasteiger partial charge in [0.15, 0.2) is 0 Å². The van der Waals surface area contributed by atoms with Crippen LogP contribution in [0.25, 0.3) is 31.3 Å². The predicted octanol–water partition coefficient (Wildman–Crippen LogP) is 17.7. The SMILES string of the molecule is Cc1cc2c3c(c1)N(c1ccc(C(C)(C)C)cc1-c1ccccc1)c1cc(N4c5ccc(C(C)(C)C)cc5C5(C)CCCCC45C)ccc1B3c1cc(C(C)(C)C)ccc1N2c1ccc2sc3ccccc3c2c1. The van der Waals surface area contributed by atoms with Crippen molar-refractivity contribution in [2.75, 3.05) is 14.7 Å². The highest BCUT2D eigenvalue weighted by Gasteiger charge is 2.58. The molecule has 370 valence electrons. The lowest BCUT2D eigenvalue weighted by Gasteiger charge is -2.51. The van der Waals surface area contributed by atoms with E-state index in [2.05, 4.69) is 256 Å². The van der Waals surface area contributed by atoms with Gasteiger partial charge in [-0.25, -0.2) is 0 Å². The normalized spacial score (nSPS) is 19.1. The number of hydrogen-bond donors (Lipinski definition) is 0. The summed E-state index contributed by atoms with van der Waals surface area (Å²) in [4.78, 5) is 8.08. The van der Waals surface area contributed by atoms with Gasteiger partial charge in [0.2, 0.25) is 0 Å². The topological polar surface area (TPSA) is 9.72 Å². The Kier molecular flexibility index (Phi) is 10.3. The minimum absolute atomic E-state index is 0.00671. The van der Waals surface area contributed by atoms with Gasteiger partial charge in [-0.1, -0.05) is 167 Å². The lowest BCUT2D eigenvalue weighted by atomic mass is 9.33. The Bertz CT molecular complexity index is 3770. The van der Waals surface area contributed by atoms with Gasteiger partial charge in [0.1, 0.15) is 0 Å². The van der Waals surface area contributed by atoms with Crippen LogP contribution in [0.15, 0.2) is 158 Å². The van der Waals surface area contributed by atoms with Crippen LogP contribution in [0.4, 0.5) is 45.5 Å². The Labute approximate surface area is 445 Å². The lowest BCUT2D eigenvalue weighted by molar-refractivity contribution is 0.195. The van der Waals surface area contributed by atoms with Crippen LogP contribution in [0.5, 0.6) is 0 Å². The number of anilines is 8. The molecule has 4 heterocycles. The van der Waals surface area contributed by atoms with Gasteiger partial charge in [0, 0.05) is 71.0 Å². The maximum Gasteiger partial charge on any atom is 0.252 e. The number of aryl methyl sites for hydroxylation is 1. The van der Waals surface area contributed by atoms with Gasteiger partial charge in [-0.05, 0) is 165 Å². The molecule has 0 bridgehead atoms. The highest BCUT2D eigenvalue weighted by molar-refractivity contribution is 7.25. The van der Waals surface area contributed by atoms with Crippen LogP contribution in [-0.4, -0.2) is 12.3 Å². The summed E-state index contributed by atoms with van der Waals surface area (Å²) in [7, 11) is 0. The van der Waals surface area contributed by atoms with Crippen molar-refractivity contribution >= 4 is 100 Å². The van der Waals surface area contributed by atoms with Gasteiger partial charge in [-0.3, -0.25) is 0 Å². The molecule has 2 unspecified atom stereocenters. The molecular weight excluding hydrogens is 914 g/mol. The molecule has 1 aliphatic carbocycles. The second-order valence-corrected chi connectivity index (χ2v) is 26.9. The van der Waals surface area contributed by atoms with E-state index in [4.69, 9.17) is 0 Å².